The first kappa shape index (κ1) is 14.6. The van der Waals surface area contributed by atoms with Crippen LogP contribution in [0.3, 0.4) is 0 Å². The molecule has 2 aliphatic rings. The van der Waals surface area contributed by atoms with Gasteiger partial charge >= 0.3 is 0 Å². The lowest BCUT2D eigenvalue weighted by Crippen LogP contribution is -2.60. The predicted octanol–water partition coefficient (Wildman–Crippen LogP) is -2.27. The summed E-state index contributed by atoms with van der Waals surface area (Å²) in [6.07, 6.45) is 1.16. The molecular formula is C12H18N4O4. The number of imide groups is 2. The van der Waals surface area contributed by atoms with Crippen molar-refractivity contribution in [2.24, 2.45) is 0 Å². The monoisotopic (exact) mass is 282 g/mol. The van der Waals surface area contributed by atoms with Crippen LogP contribution in [0, 0.1) is 0 Å². The van der Waals surface area contributed by atoms with Crippen LogP contribution in [0.1, 0.15) is 19.8 Å². The minimum atomic E-state index is -0.474. The molecule has 0 spiro atoms. The predicted molar refractivity (Wildman–Crippen MR) is 68.4 cm³/mol. The molecule has 0 aromatic rings. The van der Waals surface area contributed by atoms with Crippen molar-refractivity contribution < 1.29 is 19.2 Å². The number of nitrogens with zero attached hydrogens (tertiary/aromatic N) is 1. The molecule has 2 aliphatic heterocycles. The van der Waals surface area contributed by atoms with E-state index in [1.165, 1.54) is 0 Å². The number of amides is 4. The van der Waals surface area contributed by atoms with E-state index < -0.39 is 6.04 Å². The summed E-state index contributed by atoms with van der Waals surface area (Å²) in [5.41, 5.74) is 0. The van der Waals surface area contributed by atoms with Gasteiger partial charge in [-0.2, -0.15) is 0 Å². The number of hydrogen-bond acceptors (Lipinski definition) is 6. The van der Waals surface area contributed by atoms with Crippen LogP contribution in [0.15, 0.2) is 0 Å². The third-order valence-electron chi connectivity index (χ3n) is 3.56. The summed E-state index contributed by atoms with van der Waals surface area (Å²) in [5.74, 6) is -1.34. The van der Waals surface area contributed by atoms with Crippen molar-refractivity contribution in [2.45, 2.75) is 31.8 Å². The van der Waals surface area contributed by atoms with E-state index >= 15 is 0 Å². The molecule has 0 aromatic carbocycles. The van der Waals surface area contributed by atoms with Crippen LogP contribution in [0.5, 0.6) is 0 Å². The van der Waals surface area contributed by atoms with Gasteiger partial charge in [-0.1, -0.05) is 6.92 Å². The minimum absolute atomic E-state index is 0.0681. The maximum absolute atomic E-state index is 11.7. The van der Waals surface area contributed by atoms with Gasteiger partial charge in [0.15, 0.2) is 0 Å². The maximum Gasteiger partial charge on any atom is 0.243 e. The largest absolute Gasteiger partial charge is 0.297 e. The Bertz CT molecular complexity index is 435. The van der Waals surface area contributed by atoms with Crippen molar-refractivity contribution in [1.82, 2.24) is 20.9 Å². The first-order chi connectivity index (χ1) is 9.49. The molecule has 0 saturated carbocycles. The number of rotatable bonds is 4. The zero-order valence-electron chi connectivity index (χ0n) is 11.3. The molecule has 110 valence electrons. The molecule has 0 radical (unpaired) electrons. The zero-order chi connectivity index (χ0) is 14.7. The van der Waals surface area contributed by atoms with Crippen LogP contribution >= 0.6 is 0 Å². The SMILES string of the molecule is CCC(CC1NCC(=O)NC1=O)N1CC(=O)NC(=O)C1. The fraction of sp³-hybridized carbons (Fsp3) is 0.667. The Balaban J connectivity index is 1.98. The summed E-state index contributed by atoms with van der Waals surface area (Å²) >= 11 is 0. The van der Waals surface area contributed by atoms with Gasteiger partial charge < -0.3 is 0 Å². The number of carbonyl (C=O) groups is 4. The third-order valence-corrected chi connectivity index (χ3v) is 3.56. The lowest BCUT2D eigenvalue weighted by Gasteiger charge is -2.35. The summed E-state index contributed by atoms with van der Waals surface area (Å²) in [4.78, 5) is 47.3. The lowest BCUT2D eigenvalue weighted by molar-refractivity contribution is -0.137. The normalized spacial score (nSPS) is 26.1. The molecule has 8 heteroatoms. The second kappa shape index (κ2) is 6.10. The molecule has 2 saturated heterocycles. The quantitative estimate of drug-likeness (QED) is 0.502. The Labute approximate surface area is 116 Å². The molecule has 2 fully saturated rings. The average molecular weight is 282 g/mol. The topological polar surface area (TPSA) is 108 Å². The molecule has 4 amide bonds. The van der Waals surface area contributed by atoms with Gasteiger partial charge in [-0.15, -0.1) is 0 Å². The summed E-state index contributed by atoms with van der Waals surface area (Å²) in [5, 5.41) is 7.39. The molecular weight excluding hydrogens is 264 g/mol. The van der Waals surface area contributed by atoms with Gasteiger partial charge in [0.1, 0.15) is 0 Å². The van der Waals surface area contributed by atoms with Crippen LogP contribution in [-0.2, 0) is 19.2 Å². The number of piperazine rings is 2. The second-order valence-corrected chi connectivity index (χ2v) is 5.02. The van der Waals surface area contributed by atoms with E-state index in [-0.39, 0.29) is 49.3 Å². The Morgan fingerprint density at radius 1 is 1.10 bits per heavy atom. The minimum Gasteiger partial charge on any atom is -0.297 e. The van der Waals surface area contributed by atoms with Crippen LogP contribution in [-0.4, -0.2) is 60.2 Å². The van der Waals surface area contributed by atoms with Crippen molar-refractivity contribution in [2.75, 3.05) is 19.6 Å². The Morgan fingerprint density at radius 3 is 2.30 bits per heavy atom. The third kappa shape index (κ3) is 3.40. The Kier molecular flexibility index (Phi) is 4.46. The second-order valence-electron chi connectivity index (χ2n) is 5.02. The van der Waals surface area contributed by atoms with Crippen molar-refractivity contribution in [3.63, 3.8) is 0 Å². The summed E-state index contributed by atoms with van der Waals surface area (Å²) in [6, 6.07) is -0.542. The van der Waals surface area contributed by atoms with Gasteiger partial charge in [-0.3, -0.25) is 40.0 Å². The summed E-state index contributed by atoms with van der Waals surface area (Å²) in [7, 11) is 0. The molecule has 8 nitrogen and oxygen atoms in total. The van der Waals surface area contributed by atoms with Crippen molar-refractivity contribution in [1.29, 1.82) is 0 Å². The molecule has 0 aromatic heterocycles. The highest BCUT2D eigenvalue weighted by molar-refractivity contribution is 6.01. The van der Waals surface area contributed by atoms with Gasteiger partial charge in [0.25, 0.3) is 0 Å². The van der Waals surface area contributed by atoms with E-state index in [2.05, 4.69) is 16.0 Å². The fourth-order valence-electron chi connectivity index (χ4n) is 2.53. The van der Waals surface area contributed by atoms with E-state index in [0.717, 1.165) is 0 Å². The lowest BCUT2D eigenvalue weighted by atomic mass is 10.0. The fourth-order valence-corrected chi connectivity index (χ4v) is 2.53. The Hall–Kier alpha value is -1.80. The Morgan fingerprint density at radius 2 is 1.75 bits per heavy atom. The summed E-state index contributed by atoms with van der Waals surface area (Å²) < 4.78 is 0. The highest BCUT2D eigenvalue weighted by Gasteiger charge is 2.33. The first-order valence-corrected chi connectivity index (χ1v) is 6.63. The maximum atomic E-state index is 11.7. The van der Waals surface area contributed by atoms with Gasteiger partial charge in [0.2, 0.25) is 23.6 Å². The molecule has 2 rings (SSSR count). The van der Waals surface area contributed by atoms with E-state index in [1.807, 2.05) is 6.92 Å². The standard InChI is InChI=1S/C12H18N4O4/c1-2-7(16-5-10(18)14-11(19)6-16)3-8-12(20)15-9(17)4-13-8/h7-8,13H,2-6H2,1H3,(H,14,18,19)(H,15,17,20). The smallest absolute Gasteiger partial charge is 0.243 e. The number of carbonyl (C=O) groups excluding carboxylic acids is 4. The van der Waals surface area contributed by atoms with Gasteiger partial charge in [-0.05, 0) is 12.8 Å². The van der Waals surface area contributed by atoms with Gasteiger partial charge in [0.05, 0.1) is 25.7 Å². The molecule has 2 atom stereocenters. The van der Waals surface area contributed by atoms with Crippen molar-refractivity contribution >= 4 is 23.6 Å². The van der Waals surface area contributed by atoms with Crippen LogP contribution < -0.4 is 16.0 Å². The molecule has 2 heterocycles. The highest BCUT2D eigenvalue weighted by Crippen LogP contribution is 2.14. The number of nitrogens with one attached hydrogen (secondary N) is 3. The van der Waals surface area contributed by atoms with Gasteiger partial charge in [-0.25, -0.2) is 0 Å². The average Bonchev–Trinajstić information content (AvgIpc) is 2.36. The van der Waals surface area contributed by atoms with E-state index in [0.29, 0.717) is 12.8 Å². The molecule has 2 unspecified atom stereocenters. The molecule has 0 aliphatic carbocycles. The van der Waals surface area contributed by atoms with E-state index in [9.17, 15) is 19.2 Å². The van der Waals surface area contributed by atoms with Gasteiger partial charge in [0, 0.05) is 6.04 Å². The summed E-state index contributed by atoms with van der Waals surface area (Å²) in [6.45, 7) is 2.34. The van der Waals surface area contributed by atoms with E-state index in [1.54, 1.807) is 4.90 Å². The van der Waals surface area contributed by atoms with Crippen molar-refractivity contribution in [3.8, 4) is 0 Å². The van der Waals surface area contributed by atoms with Crippen LogP contribution in [0.4, 0.5) is 0 Å². The molecule has 0 bridgehead atoms. The van der Waals surface area contributed by atoms with Crippen LogP contribution in [0.2, 0.25) is 0 Å². The van der Waals surface area contributed by atoms with Crippen molar-refractivity contribution in [3.05, 3.63) is 0 Å². The highest BCUT2D eigenvalue weighted by atomic mass is 16.2. The first-order valence-electron chi connectivity index (χ1n) is 6.63. The number of hydrogen-bond donors (Lipinski definition) is 3. The molecule has 20 heavy (non-hydrogen) atoms. The molecule has 3 N–H and O–H groups in total. The van der Waals surface area contributed by atoms with Crippen LogP contribution in [0.25, 0.3) is 0 Å². The zero-order valence-corrected chi connectivity index (χ0v) is 11.3. The van der Waals surface area contributed by atoms with E-state index in [4.69, 9.17) is 0 Å².